The average Bonchev–Trinajstić information content (AvgIpc) is 2.60. The zero-order chi connectivity index (χ0) is 16.2. The van der Waals surface area contributed by atoms with Crippen LogP contribution >= 0.6 is 0 Å². The molecule has 126 valence electrons. The van der Waals surface area contributed by atoms with Crippen LogP contribution in [-0.4, -0.2) is 26.6 Å². The van der Waals surface area contributed by atoms with Crippen LogP contribution in [0.2, 0.25) is 0 Å². The molecule has 1 aliphatic heterocycles. The van der Waals surface area contributed by atoms with E-state index in [2.05, 4.69) is 0 Å². The van der Waals surface area contributed by atoms with Crippen molar-refractivity contribution in [2.45, 2.75) is 64.2 Å². The molecule has 23 heavy (non-hydrogen) atoms. The van der Waals surface area contributed by atoms with Gasteiger partial charge >= 0.3 is 7.12 Å². The van der Waals surface area contributed by atoms with Crippen LogP contribution < -0.4 is 5.46 Å². The Labute approximate surface area is 140 Å². The first kappa shape index (κ1) is 18.2. The molecule has 3 nitrogen and oxygen atoms in total. The predicted octanol–water partition coefficient (Wildman–Crippen LogP) is 4.14. The summed E-state index contributed by atoms with van der Waals surface area (Å²) in [6, 6.07) is 7.57. The van der Waals surface area contributed by atoms with Crippen molar-refractivity contribution in [1.82, 2.24) is 0 Å². The molecule has 0 aliphatic carbocycles. The Hall–Kier alpha value is -1.13. The normalized spacial score (nSPS) is 19.6. The molecule has 0 bridgehead atoms. The summed E-state index contributed by atoms with van der Waals surface area (Å²) in [5, 5.41) is 0. The van der Waals surface area contributed by atoms with E-state index in [1.165, 1.54) is 51.4 Å². The van der Waals surface area contributed by atoms with Crippen molar-refractivity contribution in [3.05, 3.63) is 29.8 Å². The van der Waals surface area contributed by atoms with Gasteiger partial charge in [-0.1, -0.05) is 75.6 Å². The average molecular weight is 316 g/mol. The van der Waals surface area contributed by atoms with Crippen LogP contribution in [0.15, 0.2) is 24.3 Å². The molecular weight excluding hydrogens is 287 g/mol. The number of hydrogen-bond acceptors (Lipinski definition) is 3. The molecule has 0 unspecified atom stereocenters. The van der Waals surface area contributed by atoms with Gasteiger partial charge < -0.3 is 9.31 Å². The molecule has 0 N–H and O–H groups in total. The highest BCUT2D eigenvalue weighted by Gasteiger charge is 2.23. The Kier molecular flexibility index (Phi) is 9.04. The maximum absolute atomic E-state index is 11.3. The molecule has 1 aromatic rings. The summed E-state index contributed by atoms with van der Waals surface area (Å²) in [6.07, 6.45) is 13.4. The van der Waals surface area contributed by atoms with Gasteiger partial charge in [0.1, 0.15) is 6.29 Å². The standard InChI is InChI=1S/C19H29BO3/c21-17-18-13-9-10-14-19(18)20-22-15-11-7-5-3-1-2-4-6-8-12-16-23-20/h9-10,13-14,17H,1-8,11-12,15-16H2. The van der Waals surface area contributed by atoms with Gasteiger partial charge in [-0.25, -0.2) is 0 Å². The molecule has 1 aromatic carbocycles. The summed E-state index contributed by atoms with van der Waals surface area (Å²) in [4.78, 5) is 11.3. The first-order valence-corrected chi connectivity index (χ1v) is 9.19. The number of aldehydes is 1. The summed E-state index contributed by atoms with van der Waals surface area (Å²) in [5.41, 5.74) is 1.52. The van der Waals surface area contributed by atoms with E-state index >= 15 is 0 Å². The maximum atomic E-state index is 11.3. The Bertz CT molecular complexity index is 434. The fraction of sp³-hybridized carbons (Fsp3) is 0.632. The van der Waals surface area contributed by atoms with Crippen LogP contribution in [0.3, 0.4) is 0 Å². The second-order valence-corrected chi connectivity index (χ2v) is 6.36. The van der Waals surface area contributed by atoms with Crippen LogP contribution in [0.5, 0.6) is 0 Å². The van der Waals surface area contributed by atoms with Gasteiger partial charge in [0.15, 0.2) is 0 Å². The number of hydrogen-bond donors (Lipinski definition) is 0. The van der Waals surface area contributed by atoms with Gasteiger partial charge in [-0.15, -0.1) is 0 Å². The minimum atomic E-state index is -0.415. The topological polar surface area (TPSA) is 35.5 Å². The number of carbonyl (C=O) groups is 1. The summed E-state index contributed by atoms with van der Waals surface area (Å²) < 4.78 is 11.9. The Morgan fingerprint density at radius 1 is 0.739 bits per heavy atom. The molecule has 0 amide bonds. The van der Waals surface area contributed by atoms with Gasteiger partial charge in [-0.2, -0.15) is 0 Å². The van der Waals surface area contributed by atoms with Crippen molar-refractivity contribution in [1.29, 1.82) is 0 Å². The maximum Gasteiger partial charge on any atom is 0.494 e. The minimum absolute atomic E-state index is 0.415. The number of benzene rings is 1. The fourth-order valence-electron chi connectivity index (χ4n) is 3.06. The molecule has 1 saturated heterocycles. The Morgan fingerprint density at radius 3 is 1.74 bits per heavy atom. The third kappa shape index (κ3) is 6.88. The second kappa shape index (κ2) is 11.4. The van der Waals surface area contributed by atoms with Gasteiger partial charge in [0.2, 0.25) is 0 Å². The molecule has 0 saturated carbocycles. The summed E-state index contributed by atoms with van der Waals surface area (Å²) in [7, 11) is -0.415. The molecule has 0 spiro atoms. The molecule has 1 heterocycles. The lowest BCUT2D eigenvalue weighted by molar-refractivity contribution is 0.112. The quantitative estimate of drug-likeness (QED) is 0.607. The van der Waals surface area contributed by atoms with E-state index in [9.17, 15) is 4.79 Å². The smallest absolute Gasteiger partial charge is 0.407 e. The Balaban J connectivity index is 1.95. The Morgan fingerprint density at radius 2 is 1.22 bits per heavy atom. The molecule has 4 heteroatoms. The van der Waals surface area contributed by atoms with Gasteiger partial charge in [0, 0.05) is 18.8 Å². The third-order valence-corrected chi connectivity index (χ3v) is 4.45. The second-order valence-electron chi connectivity index (χ2n) is 6.36. The van der Waals surface area contributed by atoms with E-state index < -0.39 is 7.12 Å². The monoisotopic (exact) mass is 316 g/mol. The molecule has 0 aromatic heterocycles. The minimum Gasteiger partial charge on any atom is -0.407 e. The van der Waals surface area contributed by atoms with E-state index in [0.717, 1.165) is 24.6 Å². The van der Waals surface area contributed by atoms with Gasteiger partial charge in [0.25, 0.3) is 0 Å². The van der Waals surface area contributed by atoms with Crippen molar-refractivity contribution in [2.24, 2.45) is 0 Å². The molecule has 1 aliphatic rings. The molecule has 0 radical (unpaired) electrons. The van der Waals surface area contributed by atoms with Crippen LogP contribution in [0, 0.1) is 0 Å². The van der Waals surface area contributed by atoms with Gasteiger partial charge in [-0.05, 0) is 18.3 Å². The zero-order valence-corrected chi connectivity index (χ0v) is 14.2. The molecule has 0 atom stereocenters. The SMILES string of the molecule is O=Cc1ccccc1B1OCCCCCCCCCCCCO1. The van der Waals surface area contributed by atoms with Gasteiger partial charge in [-0.3, -0.25) is 4.79 Å². The van der Waals surface area contributed by atoms with Crippen LogP contribution in [0.4, 0.5) is 0 Å². The van der Waals surface area contributed by atoms with E-state index in [1.807, 2.05) is 24.3 Å². The van der Waals surface area contributed by atoms with Crippen molar-refractivity contribution >= 4 is 18.9 Å². The van der Waals surface area contributed by atoms with Crippen molar-refractivity contribution in [3.8, 4) is 0 Å². The zero-order valence-electron chi connectivity index (χ0n) is 14.2. The highest BCUT2D eigenvalue weighted by atomic mass is 16.6. The summed E-state index contributed by atoms with van der Waals surface area (Å²) in [6.45, 7) is 1.38. The van der Waals surface area contributed by atoms with Crippen LogP contribution in [-0.2, 0) is 9.31 Å². The first-order valence-electron chi connectivity index (χ1n) is 9.19. The highest BCUT2D eigenvalue weighted by molar-refractivity contribution is 6.62. The van der Waals surface area contributed by atoms with E-state index in [1.54, 1.807) is 0 Å². The largest absolute Gasteiger partial charge is 0.494 e. The fourth-order valence-corrected chi connectivity index (χ4v) is 3.06. The van der Waals surface area contributed by atoms with Crippen LogP contribution in [0.1, 0.15) is 74.6 Å². The van der Waals surface area contributed by atoms with E-state index in [4.69, 9.17) is 9.31 Å². The number of rotatable bonds is 2. The van der Waals surface area contributed by atoms with Crippen molar-refractivity contribution in [3.63, 3.8) is 0 Å². The van der Waals surface area contributed by atoms with E-state index in [0.29, 0.717) is 18.8 Å². The highest BCUT2D eigenvalue weighted by Crippen LogP contribution is 2.12. The van der Waals surface area contributed by atoms with Gasteiger partial charge in [0.05, 0.1) is 0 Å². The molecule has 2 rings (SSSR count). The van der Waals surface area contributed by atoms with Crippen molar-refractivity contribution < 1.29 is 14.1 Å². The lowest BCUT2D eigenvalue weighted by Crippen LogP contribution is -2.39. The summed E-state index contributed by atoms with van der Waals surface area (Å²) >= 11 is 0. The predicted molar refractivity (Wildman–Crippen MR) is 95.3 cm³/mol. The molecule has 1 fully saturated rings. The van der Waals surface area contributed by atoms with Crippen molar-refractivity contribution in [2.75, 3.05) is 13.2 Å². The third-order valence-electron chi connectivity index (χ3n) is 4.45. The van der Waals surface area contributed by atoms with Crippen LogP contribution in [0.25, 0.3) is 0 Å². The van der Waals surface area contributed by atoms with E-state index in [-0.39, 0.29) is 0 Å². The lowest BCUT2D eigenvalue weighted by Gasteiger charge is -2.16. The lowest BCUT2D eigenvalue weighted by atomic mass is 9.76. The number of carbonyl (C=O) groups excluding carboxylic acids is 1. The molecular formula is C19H29BO3. The summed E-state index contributed by atoms with van der Waals surface area (Å²) in [5.74, 6) is 0. The first-order chi connectivity index (χ1) is 11.4.